The van der Waals surface area contributed by atoms with Crippen LogP contribution in [0.2, 0.25) is 0 Å². The Hall–Kier alpha value is -0.920. The van der Waals surface area contributed by atoms with E-state index in [0.717, 1.165) is 18.4 Å². The van der Waals surface area contributed by atoms with Gasteiger partial charge in [-0.15, -0.1) is 0 Å². The fourth-order valence-electron chi connectivity index (χ4n) is 0.898. The van der Waals surface area contributed by atoms with Crippen LogP contribution >= 0.6 is 0 Å². The van der Waals surface area contributed by atoms with Crippen LogP contribution in [0, 0.1) is 10.8 Å². The first kappa shape index (κ1) is 6.20. The lowest BCUT2D eigenvalue weighted by molar-refractivity contribution is 0.956. The van der Waals surface area contributed by atoms with Gasteiger partial charge in [0.15, 0.2) is 0 Å². The highest BCUT2D eigenvalue weighted by molar-refractivity contribution is 6.41. The van der Waals surface area contributed by atoms with Crippen LogP contribution in [0.25, 0.3) is 0 Å². The SMILES string of the molecule is C=C1CCC(=N)C(=N)C1. The molecule has 0 heterocycles. The predicted octanol–water partition coefficient (Wildman–Crippen LogP) is 1.77. The summed E-state index contributed by atoms with van der Waals surface area (Å²) in [6.45, 7) is 3.76. The second-order valence-electron chi connectivity index (χ2n) is 2.38. The van der Waals surface area contributed by atoms with Crippen molar-refractivity contribution in [2.24, 2.45) is 0 Å². The number of hydrogen-bond donors (Lipinski definition) is 2. The Morgan fingerprint density at radius 3 is 2.22 bits per heavy atom. The van der Waals surface area contributed by atoms with Crippen molar-refractivity contribution in [1.82, 2.24) is 0 Å². The summed E-state index contributed by atoms with van der Waals surface area (Å²) in [6, 6.07) is 0. The fraction of sp³-hybridized carbons (Fsp3) is 0.429. The van der Waals surface area contributed by atoms with Crippen molar-refractivity contribution in [3.05, 3.63) is 12.2 Å². The Morgan fingerprint density at radius 1 is 1.11 bits per heavy atom. The lowest BCUT2D eigenvalue weighted by Gasteiger charge is -2.13. The van der Waals surface area contributed by atoms with E-state index >= 15 is 0 Å². The summed E-state index contributed by atoms with van der Waals surface area (Å²) in [5.74, 6) is 0. The number of nitrogens with one attached hydrogen (secondary N) is 2. The minimum atomic E-state index is 0.450. The molecule has 0 aliphatic heterocycles. The summed E-state index contributed by atoms with van der Waals surface area (Å²) in [6.07, 6.45) is 2.25. The molecule has 0 radical (unpaired) electrons. The standard InChI is InChI=1S/C7H10N2/c1-5-2-3-6(8)7(9)4-5/h8-9H,1-4H2. The van der Waals surface area contributed by atoms with Gasteiger partial charge in [0.1, 0.15) is 0 Å². The highest BCUT2D eigenvalue weighted by Crippen LogP contribution is 2.15. The van der Waals surface area contributed by atoms with Crippen molar-refractivity contribution in [1.29, 1.82) is 10.8 Å². The molecule has 2 N–H and O–H groups in total. The zero-order chi connectivity index (χ0) is 6.85. The lowest BCUT2D eigenvalue weighted by Crippen LogP contribution is -2.17. The van der Waals surface area contributed by atoms with Gasteiger partial charge in [0, 0.05) is 6.42 Å². The molecule has 0 aromatic carbocycles. The summed E-state index contributed by atoms with van der Waals surface area (Å²) < 4.78 is 0. The van der Waals surface area contributed by atoms with E-state index in [-0.39, 0.29) is 0 Å². The van der Waals surface area contributed by atoms with Gasteiger partial charge in [-0.25, -0.2) is 0 Å². The molecule has 2 heteroatoms. The molecule has 0 bridgehead atoms. The summed E-state index contributed by atoms with van der Waals surface area (Å²) in [5, 5.41) is 14.5. The molecule has 1 aliphatic carbocycles. The zero-order valence-electron chi connectivity index (χ0n) is 5.33. The summed E-state index contributed by atoms with van der Waals surface area (Å²) in [4.78, 5) is 0. The van der Waals surface area contributed by atoms with E-state index in [9.17, 15) is 0 Å². The van der Waals surface area contributed by atoms with Gasteiger partial charge in [-0.05, 0) is 12.8 Å². The molecule has 0 aromatic rings. The first-order valence-electron chi connectivity index (χ1n) is 3.02. The van der Waals surface area contributed by atoms with E-state index in [1.807, 2.05) is 0 Å². The third-order valence-corrected chi connectivity index (χ3v) is 1.52. The van der Waals surface area contributed by atoms with Gasteiger partial charge < -0.3 is 10.8 Å². The lowest BCUT2D eigenvalue weighted by atomic mass is 9.93. The van der Waals surface area contributed by atoms with Crippen LogP contribution in [-0.2, 0) is 0 Å². The normalized spacial score (nSPS) is 20.7. The minimum Gasteiger partial charge on any atom is -0.303 e. The number of rotatable bonds is 0. The Kier molecular flexibility index (Phi) is 1.47. The quantitative estimate of drug-likeness (QED) is 0.460. The van der Waals surface area contributed by atoms with Crippen molar-refractivity contribution in [2.75, 3.05) is 0 Å². The molecule has 0 aromatic heterocycles. The van der Waals surface area contributed by atoms with E-state index in [0.29, 0.717) is 17.8 Å². The highest BCUT2D eigenvalue weighted by atomic mass is 14.5. The maximum Gasteiger partial charge on any atom is 0.0561 e. The Bertz CT molecular complexity index is 179. The molecule has 1 aliphatic rings. The maximum atomic E-state index is 7.24. The van der Waals surface area contributed by atoms with Crippen LogP contribution in [0.3, 0.4) is 0 Å². The van der Waals surface area contributed by atoms with Gasteiger partial charge in [-0.2, -0.15) is 0 Å². The van der Waals surface area contributed by atoms with Crippen LogP contribution in [0.15, 0.2) is 12.2 Å². The Balaban J connectivity index is 2.64. The van der Waals surface area contributed by atoms with Crippen molar-refractivity contribution in [2.45, 2.75) is 19.3 Å². The summed E-state index contributed by atoms with van der Waals surface area (Å²) in [5.41, 5.74) is 2.03. The molecule has 9 heavy (non-hydrogen) atoms. The predicted molar refractivity (Wildman–Crippen MR) is 38.4 cm³/mol. The van der Waals surface area contributed by atoms with Crippen LogP contribution in [0.1, 0.15) is 19.3 Å². The largest absolute Gasteiger partial charge is 0.303 e. The van der Waals surface area contributed by atoms with Gasteiger partial charge in [0.05, 0.1) is 11.4 Å². The monoisotopic (exact) mass is 122 g/mol. The summed E-state index contributed by atoms with van der Waals surface area (Å²) >= 11 is 0. The van der Waals surface area contributed by atoms with Gasteiger partial charge in [0.2, 0.25) is 0 Å². The molecule has 2 nitrogen and oxygen atoms in total. The van der Waals surface area contributed by atoms with Crippen molar-refractivity contribution in [3.63, 3.8) is 0 Å². The minimum absolute atomic E-state index is 0.450. The second-order valence-corrected chi connectivity index (χ2v) is 2.38. The van der Waals surface area contributed by atoms with E-state index in [2.05, 4.69) is 6.58 Å². The first-order chi connectivity index (χ1) is 4.20. The molecule has 1 fully saturated rings. The van der Waals surface area contributed by atoms with Gasteiger partial charge >= 0.3 is 0 Å². The van der Waals surface area contributed by atoms with Crippen molar-refractivity contribution < 1.29 is 0 Å². The van der Waals surface area contributed by atoms with Crippen LogP contribution < -0.4 is 0 Å². The molecule has 0 unspecified atom stereocenters. The van der Waals surface area contributed by atoms with E-state index in [4.69, 9.17) is 10.8 Å². The van der Waals surface area contributed by atoms with Crippen molar-refractivity contribution in [3.8, 4) is 0 Å². The third kappa shape index (κ3) is 1.25. The van der Waals surface area contributed by atoms with Crippen molar-refractivity contribution >= 4 is 11.4 Å². The van der Waals surface area contributed by atoms with Crippen LogP contribution in [0.4, 0.5) is 0 Å². The second kappa shape index (κ2) is 2.13. The number of hydrogen-bond acceptors (Lipinski definition) is 2. The first-order valence-corrected chi connectivity index (χ1v) is 3.02. The molecule has 48 valence electrons. The topological polar surface area (TPSA) is 47.7 Å². The molecular weight excluding hydrogens is 112 g/mol. The highest BCUT2D eigenvalue weighted by Gasteiger charge is 2.12. The van der Waals surface area contributed by atoms with Gasteiger partial charge in [-0.3, -0.25) is 0 Å². The molecule has 0 spiro atoms. The van der Waals surface area contributed by atoms with E-state index in [1.165, 1.54) is 0 Å². The van der Waals surface area contributed by atoms with Crippen LogP contribution in [-0.4, -0.2) is 11.4 Å². The molecular formula is C7H10N2. The number of allylic oxidation sites excluding steroid dienone is 1. The Morgan fingerprint density at radius 2 is 1.78 bits per heavy atom. The Labute approximate surface area is 54.6 Å². The maximum absolute atomic E-state index is 7.24. The van der Waals surface area contributed by atoms with Crippen LogP contribution in [0.5, 0.6) is 0 Å². The molecule has 1 rings (SSSR count). The van der Waals surface area contributed by atoms with Gasteiger partial charge in [-0.1, -0.05) is 12.2 Å². The molecule has 0 amide bonds. The van der Waals surface area contributed by atoms with E-state index < -0.39 is 0 Å². The molecule has 1 saturated carbocycles. The van der Waals surface area contributed by atoms with Gasteiger partial charge in [0.25, 0.3) is 0 Å². The smallest absolute Gasteiger partial charge is 0.0561 e. The molecule has 0 saturated heterocycles. The fourth-order valence-corrected chi connectivity index (χ4v) is 0.898. The third-order valence-electron chi connectivity index (χ3n) is 1.52. The average molecular weight is 122 g/mol. The zero-order valence-corrected chi connectivity index (χ0v) is 5.33. The summed E-state index contributed by atoms with van der Waals surface area (Å²) in [7, 11) is 0. The average Bonchev–Trinajstić information content (AvgIpc) is 1.80. The van der Waals surface area contributed by atoms with E-state index in [1.54, 1.807) is 0 Å². The molecule has 0 atom stereocenters.